The number of ether oxygens (including phenoxy) is 1. The normalized spacial score (nSPS) is 15.6. The van der Waals surface area contributed by atoms with Crippen LogP contribution in [0.4, 0.5) is 52.7 Å². The Labute approximate surface area is 129 Å². The van der Waals surface area contributed by atoms with E-state index in [4.69, 9.17) is 10.5 Å². The topological polar surface area (TPSA) is 56.8 Å². The quantitative estimate of drug-likeness (QED) is 0.392. The molecule has 0 amide bonds. The van der Waals surface area contributed by atoms with Crippen molar-refractivity contribution in [3.63, 3.8) is 0 Å². The molecular weight excluding hydrogens is 392 g/mol. The van der Waals surface area contributed by atoms with Crippen LogP contribution in [0.1, 0.15) is 0 Å². The van der Waals surface area contributed by atoms with Crippen LogP contribution in [0.3, 0.4) is 0 Å². The largest absolute Gasteiger partial charge is 0.461 e. The standard InChI is InChI=1S/C10F12N2O/c11-3(1-23)5(7(13,14)9(17,18)19)25-6(4(12)2-24)8(15,16)10(20,21)22. The molecule has 0 aliphatic carbocycles. The lowest BCUT2D eigenvalue weighted by molar-refractivity contribution is -0.291. The highest BCUT2D eigenvalue weighted by atomic mass is 19.4. The summed E-state index contributed by atoms with van der Waals surface area (Å²) in [5, 5.41) is 15.9. The van der Waals surface area contributed by atoms with E-state index in [1.165, 1.54) is 0 Å². The summed E-state index contributed by atoms with van der Waals surface area (Å²) < 4.78 is 153. The van der Waals surface area contributed by atoms with E-state index in [9.17, 15) is 52.7 Å². The molecule has 0 spiro atoms. The summed E-state index contributed by atoms with van der Waals surface area (Å²) in [4.78, 5) is 0. The summed E-state index contributed by atoms with van der Waals surface area (Å²) in [6, 6.07) is -0.101. The Morgan fingerprint density at radius 3 is 1.00 bits per heavy atom. The van der Waals surface area contributed by atoms with Crippen LogP contribution in [0.5, 0.6) is 0 Å². The van der Waals surface area contributed by atoms with Gasteiger partial charge in [-0.3, -0.25) is 0 Å². The minimum atomic E-state index is -6.84. The molecule has 0 saturated carbocycles. The van der Waals surface area contributed by atoms with Gasteiger partial charge in [-0.15, -0.1) is 0 Å². The zero-order chi connectivity index (χ0) is 20.4. The molecule has 3 nitrogen and oxygen atoms in total. The van der Waals surface area contributed by atoms with Crippen molar-refractivity contribution in [3.05, 3.63) is 23.2 Å². The summed E-state index contributed by atoms with van der Waals surface area (Å²) in [7, 11) is 0. The maximum absolute atomic E-state index is 13.0. The van der Waals surface area contributed by atoms with E-state index in [1.807, 2.05) is 0 Å². The molecular formula is C10F12N2O. The maximum Gasteiger partial charge on any atom is 0.461 e. The second-order valence-corrected chi connectivity index (χ2v) is 3.76. The molecule has 0 bridgehead atoms. The van der Waals surface area contributed by atoms with Gasteiger partial charge in [0.25, 0.3) is 0 Å². The van der Waals surface area contributed by atoms with Gasteiger partial charge in [0.2, 0.25) is 23.2 Å². The smallest absolute Gasteiger partial charge is 0.445 e. The summed E-state index contributed by atoms with van der Waals surface area (Å²) in [6.45, 7) is 0. The Morgan fingerprint density at radius 1 is 0.600 bits per heavy atom. The van der Waals surface area contributed by atoms with Crippen molar-refractivity contribution in [1.82, 2.24) is 0 Å². The molecule has 0 saturated heterocycles. The van der Waals surface area contributed by atoms with Crippen molar-refractivity contribution in [3.8, 4) is 12.1 Å². The van der Waals surface area contributed by atoms with Gasteiger partial charge in [0.15, 0.2) is 0 Å². The molecule has 0 aromatic carbocycles. The SMILES string of the molecule is N#CC(F)=C(OC(=C(F)C#N)C(F)(F)C(F)(F)F)C(F)(F)C(F)(F)F. The van der Waals surface area contributed by atoms with E-state index < -0.39 is 47.4 Å². The number of nitrogens with zero attached hydrogens (tertiary/aromatic N) is 2. The van der Waals surface area contributed by atoms with Crippen LogP contribution in [0.2, 0.25) is 0 Å². The van der Waals surface area contributed by atoms with Crippen molar-refractivity contribution < 1.29 is 57.4 Å². The van der Waals surface area contributed by atoms with Crippen LogP contribution < -0.4 is 0 Å². The summed E-state index contributed by atoms with van der Waals surface area (Å²) in [6.07, 6.45) is -13.7. The van der Waals surface area contributed by atoms with Gasteiger partial charge in [0.1, 0.15) is 12.1 Å². The minimum absolute atomic E-state index is 0.0504. The molecule has 0 atom stereocenters. The highest BCUT2D eigenvalue weighted by Gasteiger charge is 2.67. The van der Waals surface area contributed by atoms with E-state index in [0.717, 1.165) is 0 Å². The second-order valence-electron chi connectivity index (χ2n) is 3.76. The fourth-order valence-electron chi connectivity index (χ4n) is 0.955. The van der Waals surface area contributed by atoms with Gasteiger partial charge in [0.05, 0.1) is 0 Å². The van der Waals surface area contributed by atoms with Gasteiger partial charge in [-0.25, -0.2) is 0 Å². The molecule has 0 heterocycles. The van der Waals surface area contributed by atoms with E-state index in [1.54, 1.807) is 0 Å². The molecule has 0 aromatic heterocycles. The first kappa shape index (κ1) is 22.4. The Morgan fingerprint density at radius 2 is 0.840 bits per heavy atom. The molecule has 0 aliphatic heterocycles. The van der Waals surface area contributed by atoms with Gasteiger partial charge >= 0.3 is 24.2 Å². The first-order valence-electron chi connectivity index (χ1n) is 5.12. The first-order chi connectivity index (χ1) is 10.9. The fourth-order valence-corrected chi connectivity index (χ4v) is 0.955. The molecule has 0 unspecified atom stereocenters. The number of halogens is 12. The zero-order valence-electron chi connectivity index (χ0n) is 10.8. The summed E-state index contributed by atoms with van der Waals surface area (Å²) in [5.41, 5.74) is 0. The molecule has 25 heavy (non-hydrogen) atoms. The van der Waals surface area contributed by atoms with Crippen molar-refractivity contribution in [2.45, 2.75) is 24.2 Å². The monoisotopic (exact) mass is 392 g/mol. The lowest BCUT2D eigenvalue weighted by atomic mass is 10.2. The predicted molar refractivity (Wildman–Crippen MR) is 50.6 cm³/mol. The Kier molecular flexibility index (Phi) is 6.04. The van der Waals surface area contributed by atoms with Gasteiger partial charge in [0, 0.05) is 0 Å². The Balaban J connectivity index is 6.61. The lowest BCUT2D eigenvalue weighted by Crippen LogP contribution is -2.43. The number of nitriles is 2. The van der Waals surface area contributed by atoms with E-state index in [-0.39, 0.29) is 12.1 Å². The van der Waals surface area contributed by atoms with E-state index in [0.29, 0.717) is 0 Å². The van der Waals surface area contributed by atoms with Crippen LogP contribution in [-0.2, 0) is 4.74 Å². The number of allylic oxidation sites excluding steroid dienone is 4. The minimum Gasteiger partial charge on any atom is -0.445 e. The number of hydrogen-bond acceptors (Lipinski definition) is 3. The lowest BCUT2D eigenvalue weighted by Gasteiger charge is -2.26. The molecule has 0 aromatic rings. The molecule has 0 fully saturated rings. The Bertz CT molecular complexity index is 612. The molecule has 0 N–H and O–H groups in total. The second kappa shape index (κ2) is 6.73. The van der Waals surface area contributed by atoms with Crippen LogP contribution in [0, 0.1) is 22.7 Å². The van der Waals surface area contributed by atoms with Gasteiger partial charge in [-0.2, -0.15) is 63.2 Å². The molecule has 15 heteroatoms. The third-order valence-electron chi connectivity index (χ3n) is 2.08. The van der Waals surface area contributed by atoms with Gasteiger partial charge in [-0.1, -0.05) is 0 Å². The first-order valence-corrected chi connectivity index (χ1v) is 5.12. The number of rotatable bonds is 4. The number of hydrogen-bond donors (Lipinski definition) is 0. The molecule has 0 rings (SSSR count). The van der Waals surface area contributed by atoms with E-state index in [2.05, 4.69) is 4.74 Å². The fraction of sp³-hybridized carbons (Fsp3) is 0.400. The molecule has 0 aliphatic rings. The van der Waals surface area contributed by atoms with Crippen molar-refractivity contribution in [2.75, 3.05) is 0 Å². The third kappa shape index (κ3) is 4.28. The molecule has 0 radical (unpaired) electrons. The summed E-state index contributed by atoms with van der Waals surface area (Å²) in [5.74, 6) is -27.2. The van der Waals surface area contributed by atoms with Crippen LogP contribution in [-0.4, -0.2) is 24.2 Å². The third-order valence-corrected chi connectivity index (χ3v) is 2.08. The predicted octanol–water partition coefficient (Wildman–Crippen LogP) is 4.81. The highest BCUT2D eigenvalue weighted by molar-refractivity contribution is 5.30. The summed E-state index contributed by atoms with van der Waals surface area (Å²) >= 11 is 0. The molecule has 140 valence electrons. The average molecular weight is 392 g/mol. The van der Waals surface area contributed by atoms with Crippen LogP contribution in [0.15, 0.2) is 23.2 Å². The average Bonchev–Trinajstić information content (AvgIpc) is 2.43. The van der Waals surface area contributed by atoms with E-state index >= 15 is 0 Å². The zero-order valence-corrected chi connectivity index (χ0v) is 10.8. The van der Waals surface area contributed by atoms with Gasteiger partial charge in [-0.05, 0) is 0 Å². The van der Waals surface area contributed by atoms with Crippen molar-refractivity contribution >= 4 is 0 Å². The van der Waals surface area contributed by atoms with Crippen LogP contribution >= 0.6 is 0 Å². The van der Waals surface area contributed by atoms with Crippen molar-refractivity contribution in [2.24, 2.45) is 0 Å². The van der Waals surface area contributed by atoms with Crippen molar-refractivity contribution in [1.29, 1.82) is 10.5 Å². The highest BCUT2D eigenvalue weighted by Crippen LogP contribution is 2.48. The maximum atomic E-state index is 13.0. The Hall–Kier alpha value is -2.58. The number of alkyl halides is 10. The van der Waals surface area contributed by atoms with Crippen LogP contribution in [0.25, 0.3) is 0 Å². The van der Waals surface area contributed by atoms with Gasteiger partial charge < -0.3 is 4.74 Å².